The average molecular weight is 330 g/mol. The Morgan fingerprint density at radius 3 is 2.83 bits per heavy atom. The lowest BCUT2D eigenvalue weighted by atomic mass is 10.0. The van der Waals surface area contributed by atoms with Gasteiger partial charge in [-0.2, -0.15) is 0 Å². The van der Waals surface area contributed by atoms with Crippen LogP contribution in [-0.4, -0.2) is 16.6 Å². The Morgan fingerprint density at radius 1 is 1.50 bits per heavy atom. The van der Waals surface area contributed by atoms with Crippen LogP contribution in [-0.2, 0) is 6.42 Å². The van der Waals surface area contributed by atoms with Gasteiger partial charge < -0.3 is 5.32 Å². The molecule has 0 bridgehead atoms. The first-order valence-electron chi connectivity index (χ1n) is 5.52. The molecule has 2 aromatic rings. The summed E-state index contributed by atoms with van der Waals surface area (Å²) < 4.78 is 17.6. The van der Waals surface area contributed by atoms with Gasteiger partial charge in [0.25, 0.3) is 0 Å². The molecule has 1 aromatic carbocycles. The van der Waals surface area contributed by atoms with Crippen LogP contribution in [0.3, 0.4) is 0 Å². The molecule has 3 nitrogen and oxygen atoms in total. The molecule has 96 valence electrons. The Bertz CT molecular complexity index is 544. The third kappa shape index (κ3) is 2.93. The molecule has 1 aromatic heterocycles. The van der Waals surface area contributed by atoms with Gasteiger partial charge in [0, 0.05) is 6.04 Å². The van der Waals surface area contributed by atoms with E-state index in [1.54, 1.807) is 6.07 Å². The molecule has 0 saturated heterocycles. The number of nitrogens with one attached hydrogen (secondary N) is 1. The summed E-state index contributed by atoms with van der Waals surface area (Å²) in [4.78, 5) is 1.12. The normalized spacial score (nSPS) is 12.7. The Hall–Kier alpha value is -0.850. The summed E-state index contributed by atoms with van der Waals surface area (Å²) in [5, 5.41) is 7.27. The van der Waals surface area contributed by atoms with Gasteiger partial charge in [-0.15, -0.1) is 5.10 Å². The van der Waals surface area contributed by atoms with Crippen molar-refractivity contribution in [1.82, 2.24) is 14.9 Å². The van der Waals surface area contributed by atoms with Gasteiger partial charge in [0.1, 0.15) is 5.82 Å². The molecular weight excluding hydrogens is 317 g/mol. The minimum Gasteiger partial charge on any atom is -0.312 e. The summed E-state index contributed by atoms with van der Waals surface area (Å²) in [6.45, 7) is 1.95. The lowest BCUT2D eigenvalue weighted by Gasteiger charge is -2.14. The summed E-state index contributed by atoms with van der Waals surface area (Å²) in [5.74, 6) is -0.240. The van der Waals surface area contributed by atoms with Gasteiger partial charge in [-0.3, -0.25) is 0 Å². The first-order valence-corrected chi connectivity index (χ1v) is 7.08. The Kier molecular flexibility index (Phi) is 4.42. The van der Waals surface area contributed by atoms with Gasteiger partial charge in [-0.1, -0.05) is 10.6 Å². The van der Waals surface area contributed by atoms with E-state index in [9.17, 15) is 4.39 Å². The molecule has 18 heavy (non-hydrogen) atoms. The van der Waals surface area contributed by atoms with Gasteiger partial charge in [0.2, 0.25) is 0 Å². The molecule has 1 unspecified atom stereocenters. The van der Waals surface area contributed by atoms with Crippen molar-refractivity contribution >= 4 is 27.5 Å². The standard InChI is InChI=1S/C12H13BrFN3S/c1-7-12(18-17-16-7)11(15-2)6-8-3-4-10(14)9(13)5-8/h3-5,11,15H,6H2,1-2H3. The van der Waals surface area contributed by atoms with Gasteiger partial charge >= 0.3 is 0 Å². The maximum absolute atomic E-state index is 13.2. The van der Waals surface area contributed by atoms with E-state index in [-0.39, 0.29) is 11.9 Å². The van der Waals surface area contributed by atoms with Gasteiger partial charge in [0.15, 0.2) is 0 Å². The number of hydrogen-bond donors (Lipinski definition) is 1. The van der Waals surface area contributed by atoms with Crippen molar-refractivity contribution in [2.24, 2.45) is 0 Å². The maximum Gasteiger partial charge on any atom is 0.137 e. The fraction of sp³-hybridized carbons (Fsp3) is 0.333. The zero-order valence-corrected chi connectivity index (χ0v) is 12.5. The highest BCUT2D eigenvalue weighted by Crippen LogP contribution is 2.25. The number of halogens is 2. The van der Waals surface area contributed by atoms with E-state index < -0.39 is 0 Å². The molecule has 1 heterocycles. The van der Waals surface area contributed by atoms with E-state index in [4.69, 9.17) is 0 Å². The van der Waals surface area contributed by atoms with Crippen molar-refractivity contribution in [2.45, 2.75) is 19.4 Å². The lowest BCUT2D eigenvalue weighted by Crippen LogP contribution is -2.18. The second-order valence-electron chi connectivity index (χ2n) is 4.02. The SMILES string of the molecule is CNC(Cc1ccc(F)c(Br)c1)c1snnc1C. The first-order chi connectivity index (χ1) is 8.61. The molecule has 2 rings (SSSR count). The maximum atomic E-state index is 13.2. The molecule has 0 aliphatic heterocycles. The van der Waals surface area contributed by atoms with E-state index in [2.05, 4.69) is 30.8 Å². The smallest absolute Gasteiger partial charge is 0.137 e. The molecule has 0 amide bonds. The molecule has 0 saturated carbocycles. The van der Waals surface area contributed by atoms with E-state index in [0.29, 0.717) is 4.47 Å². The second kappa shape index (κ2) is 5.86. The number of nitrogens with zero attached hydrogens (tertiary/aromatic N) is 2. The van der Waals surface area contributed by atoms with Crippen LogP contribution in [0, 0.1) is 12.7 Å². The third-order valence-electron chi connectivity index (χ3n) is 2.78. The molecule has 6 heteroatoms. The van der Waals surface area contributed by atoms with Gasteiger partial charge in [-0.25, -0.2) is 4.39 Å². The molecular formula is C12H13BrFN3S. The second-order valence-corrected chi connectivity index (χ2v) is 5.66. The van der Waals surface area contributed by atoms with Crippen molar-refractivity contribution in [3.05, 3.63) is 44.6 Å². The van der Waals surface area contributed by atoms with E-state index in [1.165, 1.54) is 17.6 Å². The summed E-state index contributed by atoms with van der Waals surface area (Å²) in [6.07, 6.45) is 0.778. The van der Waals surface area contributed by atoms with Crippen molar-refractivity contribution in [3.63, 3.8) is 0 Å². The van der Waals surface area contributed by atoms with Crippen LogP contribution in [0.5, 0.6) is 0 Å². The number of likely N-dealkylation sites (N-methyl/N-ethyl adjacent to an activating group) is 1. The number of benzene rings is 1. The average Bonchev–Trinajstić information content (AvgIpc) is 2.77. The van der Waals surface area contributed by atoms with Crippen molar-refractivity contribution in [3.8, 4) is 0 Å². The van der Waals surface area contributed by atoms with Crippen molar-refractivity contribution in [1.29, 1.82) is 0 Å². The highest BCUT2D eigenvalue weighted by atomic mass is 79.9. The van der Waals surface area contributed by atoms with Crippen LogP contribution in [0.2, 0.25) is 0 Å². The fourth-order valence-corrected chi connectivity index (χ4v) is 2.96. The Labute approximate surface area is 118 Å². The van der Waals surface area contributed by atoms with Crippen LogP contribution in [0.25, 0.3) is 0 Å². The summed E-state index contributed by atoms with van der Waals surface area (Å²) in [5.41, 5.74) is 2.01. The molecule has 1 atom stereocenters. The quantitative estimate of drug-likeness (QED) is 0.935. The molecule has 1 N–H and O–H groups in total. The van der Waals surface area contributed by atoms with Crippen LogP contribution < -0.4 is 5.32 Å². The van der Waals surface area contributed by atoms with E-state index in [0.717, 1.165) is 22.6 Å². The molecule has 0 fully saturated rings. The van der Waals surface area contributed by atoms with E-state index in [1.807, 2.05) is 20.0 Å². The predicted octanol–water partition coefficient (Wildman–Crippen LogP) is 3.25. The van der Waals surface area contributed by atoms with Crippen molar-refractivity contribution < 1.29 is 4.39 Å². The minimum absolute atomic E-state index is 0.155. The van der Waals surface area contributed by atoms with Gasteiger partial charge in [-0.05, 0) is 65.6 Å². The van der Waals surface area contributed by atoms with Crippen LogP contribution in [0.4, 0.5) is 4.39 Å². The van der Waals surface area contributed by atoms with E-state index >= 15 is 0 Å². The topological polar surface area (TPSA) is 37.8 Å². The third-order valence-corrected chi connectivity index (χ3v) is 4.32. The monoisotopic (exact) mass is 329 g/mol. The first kappa shape index (κ1) is 13.6. The highest BCUT2D eigenvalue weighted by molar-refractivity contribution is 9.10. The summed E-state index contributed by atoms with van der Waals surface area (Å²) in [7, 11) is 1.91. The molecule has 0 aliphatic carbocycles. The Morgan fingerprint density at radius 2 is 2.28 bits per heavy atom. The molecule has 0 aliphatic rings. The predicted molar refractivity (Wildman–Crippen MR) is 74.3 cm³/mol. The number of hydrogen-bond acceptors (Lipinski definition) is 4. The highest BCUT2D eigenvalue weighted by Gasteiger charge is 2.16. The summed E-state index contributed by atoms with van der Waals surface area (Å²) >= 11 is 4.60. The number of rotatable bonds is 4. The zero-order valence-electron chi connectivity index (χ0n) is 10.1. The Balaban J connectivity index is 2.20. The largest absolute Gasteiger partial charge is 0.312 e. The lowest BCUT2D eigenvalue weighted by molar-refractivity contribution is 0.592. The van der Waals surface area contributed by atoms with Crippen LogP contribution in [0.1, 0.15) is 22.2 Å². The zero-order chi connectivity index (χ0) is 13.1. The fourth-order valence-electron chi connectivity index (χ4n) is 1.78. The van der Waals surface area contributed by atoms with Crippen LogP contribution >= 0.6 is 27.5 Å². The van der Waals surface area contributed by atoms with Gasteiger partial charge in [0.05, 0.1) is 15.0 Å². The van der Waals surface area contributed by atoms with Crippen molar-refractivity contribution in [2.75, 3.05) is 7.05 Å². The minimum atomic E-state index is -0.240. The molecule has 0 spiro atoms. The molecule has 0 radical (unpaired) electrons. The summed E-state index contributed by atoms with van der Waals surface area (Å²) in [6, 6.07) is 5.24. The van der Waals surface area contributed by atoms with Crippen LogP contribution in [0.15, 0.2) is 22.7 Å². The number of aryl methyl sites for hydroxylation is 1. The number of aromatic nitrogens is 2.